The minimum Gasteiger partial charge on any atom is -0.491 e. The quantitative estimate of drug-likeness (QED) is 0.318. The lowest BCUT2D eigenvalue weighted by molar-refractivity contribution is 0.312. The number of aromatic nitrogens is 4. The number of hydrogen-bond acceptors (Lipinski definition) is 7. The van der Waals surface area contributed by atoms with Crippen LogP contribution in [0.1, 0.15) is 42.1 Å². The first-order chi connectivity index (χ1) is 18.2. The Kier molecular flexibility index (Phi) is 7.23. The van der Waals surface area contributed by atoms with E-state index in [-0.39, 0.29) is 28.5 Å². The molecule has 0 saturated carbocycles. The number of nitrogens with zero attached hydrogens (tertiary/aromatic N) is 5. The lowest BCUT2D eigenvalue weighted by Gasteiger charge is -2.27. The van der Waals surface area contributed by atoms with Gasteiger partial charge in [-0.2, -0.15) is 5.10 Å². The molecule has 0 radical (unpaired) electrons. The monoisotopic (exact) mass is 536 g/mol. The molecule has 0 fully saturated rings. The maximum Gasteiger partial charge on any atom is 0.263 e. The highest BCUT2D eigenvalue weighted by atomic mass is 35.5. The molecule has 2 aromatic carbocycles. The number of nitrogen functional groups attached to an aromatic ring is 1. The topological polar surface area (TPSA) is 91.3 Å². The second kappa shape index (κ2) is 10.6. The van der Waals surface area contributed by atoms with Crippen molar-refractivity contribution in [3.63, 3.8) is 0 Å². The Balaban J connectivity index is 1.40. The van der Waals surface area contributed by atoms with Crippen molar-refractivity contribution >= 4 is 17.4 Å². The van der Waals surface area contributed by atoms with Crippen molar-refractivity contribution in [2.75, 3.05) is 25.9 Å². The molecular formula is C28H30ClFN6O2. The molecule has 0 spiro atoms. The predicted octanol–water partition coefficient (Wildman–Crippen LogP) is 5.81. The van der Waals surface area contributed by atoms with Crippen molar-refractivity contribution in [1.29, 1.82) is 0 Å². The fourth-order valence-corrected chi connectivity index (χ4v) is 5.08. The van der Waals surface area contributed by atoms with Crippen molar-refractivity contribution in [3.05, 3.63) is 75.9 Å². The Bertz CT molecular complexity index is 1490. The number of rotatable bonds is 7. The lowest BCUT2D eigenvalue weighted by atomic mass is 9.92. The standard InChI is InChI=1S/C28H30ClFN6O2/c1-5-37-26-10-22(23(29)11-24(26)30)17(3)36-15-20(12-33-36)38-28-27(31)32-13-25(34-28)18-8-16(2)21-6-7-35(4)14-19(21)9-18/h8-13,15,17H,5-7,14H2,1-4H3,(H2,31,32). The maximum atomic E-state index is 14.2. The molecule has 1 aliphatic heterocycles. The Morgan fingerprint density at radius 3 is 2.82 bits per heavy atom. The first-order valence-corrected chi connectivity index (χ1v) is 12.9. The molecule has 0 bridgehead atoms. The van der Waals surface area contributed by atoms with Gasteiger partial charge in [0.15, 0.2) is 23.1 Å². The number of benzene rings is 2. The second-order valence-electron chi connectivity index (χ2n) is 9.54. The number of nitrogens with two attached hydrogens (primary N) is 1. The zero-order valence-electron chi connectivity index (χ0n) is 21.8. The van der Waals surface area contributed by atoms with Crippen LogP contribution in [0.2, 0.25) is 5.02 Å². The average Bonchev–Trinajstić information content (AvgIpc) is 3.35. The fraction of sp³-hybridized carbons (Fsp3) is 0.321. The molecule has 0 saturated heterocycles. The second-order valence-corrected chi connectivity index (χ2v) is 9.94. The van der Waals surface area contributed by atoms with Crippen LogP contribution in [0.3, 0.4) is 0 Å². The Hall–Kier alpha value is -3.69. The van der Waals surface area contributed by atoms with Crippen LogP contribution in [-0.4, -0.2) is 44.8 Å². The van der Waals surface area contributed by atoms with Gasteiger partial charge in [0.05, 0.1) is 36.9 Å². The number of halogens is 2. The number of ether oxygens (including phenoxy) is 2. The van der Waals surface area contributed by atoms with Crippen molar-refractivity contribution in [1.82, 2.24) is 24.6 Å². The van der Waals surface area contributed by atoms with Gasteiger partial charge in [0.1, 0.15) is 0 Å². The number of anilines is 1. The van der Waals surface area contributed by atoms with Gasteiger partial charge in [-0.15, -0.1) is 0 Å². The van der Waals surface area contributed by atoms with E-state index in [4.69, 9.17) is 26.8 Å². The predicted molar refractivity (Wildman–Crippen MR) is 145 cm³/mol. The summed E-state index contributed by atoms with van der Waals surface area (Å²) in [7, 11) is 2.13. The summed E-state index contributed by atoms with van der Waals surface area (Å²) in [4.78, 5) is 11.3. The number of hydrogen-bond donors (Lipinski definition) is 1. The van der Waals surface area contributed by atoms with Crippen LogP contribution < -0.4 is 15.2 Å². The summed E-state index contributed by atoms with van der Waals surface area (Å²) in [5.41, 5.74) is 12.4. The van der Waals surface area contributed by atoms with E-state index in [9.17, 15) is 4.39 Å². The summed E-state index contributed by atoms with van der Waals surface area (Å²) in [6.07, 6.45) is 5.97. The molecule has 0 amide bonds. The van der Waals surface area contributed by atoms with E-state index in [2.05, 4.69) is 46.1 Å². The molecule has 4 aromatic rings. The SMILES string of the molecule is CCOc1cc(C(C)n2cc(Oc3nc(-c4cc(C)c5c(c4)CN(C)CC5)cnc3N)cn2)c(Cl)cc1F. The molecule has 38 heavy (non-hydrogen) atoms. The molecule has 10 heteroatoms. The van der Waals surface area contributed by atoms with Crippen molar-refractivity contribution < 1.29 is 13.9 Å². The third kappa shape index (κ3) is 5.16. The molecule has 1 aliphatic rings. The van der Waals surface area contributed by atoms with Gasteiger partial charge in [-0.3, -0.25) is 4.68 Å². The summed E-state index contributed by atoms with van der Waals surface area (Å²) in [6.45, 7) is 8.13. The zero-order valence-corrected chi connectivity index (χ0v) is 22.6. The summed E-state index contributed by atoms with van der Waals surface area (Å²) in [5.74, 6) is 0.438. The molecule has 198 valence electrons. The van der Waals surface area contributed by atoms with Crippen LogP contribution in [0.4, 0.5) is 10.2 Å². The van der Waals surface area contributed by atoms with Crippen LogP contribution in [0, 0.1) is 12.7 Å². The first-order valence-electron chi connectivity index (χ1n) is 12.5. The van der Waals surface area contributed by atoms with Gasteiger partial charge in [0, 0.05) is 23.7 Å². The van der Waals surface area contributed by atoms with Gasteiger partial charge in [0.25, 0.3) is 5.88 Å². The number of likely N-dealkylation sites (N-methyl/N-ethyl adjacent to an activating group) is 1. The van der Waals surface area contributed by atoms with Gasteiger partial charge in [-0.05, 0) is 80.8 Å². The number of fused-ring (bicyclic) bond motifs is 1. The molecule has 0 aliphatic carbocycles. The summed E-state index contributed by atoms with van der Waals surface area (Å²) in [6, 6.07) is 6.84. The highest BCUT2D eigenvalue weighted by molar-refractivity contribution is 6.31. The van der Waals surface area contributed by atoms with Crippen LogP contribution >= 0.6 is 11.6 Å². The van der Waals surface area contributed by atoms with E-state index >= 15 is 0 Å². The van der Waals surface area contributed by atoms with E-state index in [1.165, 1.54) is 22.8 Å². The van der Waals surface area contributed by atoms with E-state index in [0.29, 0.717) is 23.6 Å². The lowest BCUT2D eigenvalue weighted by Crippen LogP contribution is -2.27. The van der Waals surface area contributed by atoms with Gasteiger partial charge < -0.3 is 20.1 Å². The number of aryl methyl sites for hydroxylation is 1. The fourth-order valence-electron chi connectivity index (χ4n) is 4.78. The van der Waals surface area contributed by atoms with Crippen LogP contribution in [-0.2, 0) is 13.0 Å². The minimum absolute atomic E-state index is 0.145. The summed E-state index contributed by atoms with van der Waals surface area (Å²) < 4.78 is 27.2. The van der Waals surface area contributed by atoms with Crippen molar-refractivity contribution in [2.24, 2.45) is 0 Å². The van der Waals surface area contributed by atoms with Crippen molar-refractivity contribution in [3.8, 4) is 28.6 Å². The summed E-state index contributed by atoms with van der Waals surface area (Å²) >= 11 is 6.34. The maximum absolute atomic E-state index is 14.2. The smallest absolute Gasteiger partial charge is 0.263 e. The average molecular weight is 537 g/mol. The van der Waals surface area contributed by atoms with E-state index < -0.39 is 5.82 Å². The van der Waals surface area contributed by atoms with Gasteiger partial charge in [-0.25, -0.2) is 14.4 Å². The Labute approximate surface area is 226 Å². The molecule has 2 aromatic heterocycles. The molecule has 1 atom stereocenters. The summed E-state index contributed by atoms with van der Waals surface area (Å²) in [5, 5.41) is 4.69. The van der Waals surface area contributed by atoms with Crippen LogP contribution in [0.15, 0.2) is 42.9 Å². The largest absolute Gasteiger partial charge is 0.491 e. The Morgan fingerprint density at radius 1 is 1.21 bits per heavy atom. The minimum atomic E-state index is -0.507. The molecule has 3 heterocycles. The van der Waals surface area contributed by atoms with Crippen LogP contribution in [0.5, 0.6) is 17.4 Å². The highest BCUT2D eigenvalue weighted by Crippen LogP contribution is 2.34. The highest BCUT2D eigenvalue weighted by Gasteiger charge is 2.20. The molecule has 5 rings (SSSR count). The Morgan fingerprint density at radius 2 is 2.03 bits per heavy atom. The third-order valence-electron chi connectivity index (χ3n) is 6.80. The normalized spacial score (nSPS) is 14.3. The van der Waals surface area contributed by atoms with E-state index in [1.54, 1.807) is 36.3 Å². The molecular weight excluding hydrogens is 507 g/mol. The van der Waals surface area contributed by atoms with Crippen molar-refractivity contribution in [2.45, 2.75) is 39.8 Å². The molecule has 2 N–H and O–H groups in total. The van der Waals surface area contributed by atoms with Gasteiger partial charge >= 0.3 is 0 Å². The van der Waals surface area contributed by atoms with E-state index in [1.807, 2.05) is 6.92 Å². The zero-order chi connectivity index (χ0) is 27.0. The van der Waals surface area contributed by atoms with Crippen LogP contribution in [0.25, 0.3) is 11.3 Å². The van der Waals surface area contributed by atoms with Gasteiger partial charge in [-0.1, -0.05) is 11.6 Å². The third-order valence-corrected chi connectivity index (χ3v) is 7.13. The molecule has 8 nitrogen and oxygen atoms in total. The first kappa shape index (κ1) is 25.9. The molecule has 1 unspecified atom stereocenters. The van der Waals surface area contributed by atoms with Gasteiger partial charge in [0.2, 0.25) is 0 Å². The van der Waals surface area contributed by atoms with E-state index in [0.717, 1.165) is 25.1 Å².